The van der Waals surface area contributed by atoms with E-state index in [9.17, 15) is 14.4 Å². The molecule has 1 aliphatic heterocycles. The van der Waals surface area contributed by atoms with Crippen LogP contribution in [0, 0.1) is 0 Å². The van der Waals surface area contributed by atoms with Crippen LogP contribution in [0.2, 0.25) is 0 Å². The van der Waals surface area contributed by atoms with Crippen LogP contribution in [0.3, 0.4) is 0 Å². The topological polar surface area (TPSA) is 162 Å². The molecule has 0 spiro atoms. The molecule has 35 heavy (non-hydrogen) atoms. The molecule has 12 heteroatoms. The highest BCUT2D eigenvalue weighted by Crippen LogP contribution is 2.21. The number of carbonyl (C=O) groups is 3. The molecule has 1 unspecified atom stereocenters. The second kappa shape index (κ2) is 15.2. The summed E-state index contributed by atoms with van der Waals surface area (Å²) in [6.45, 7) is 8.04. The molecule has 0 saturated carbocycles. The molecule has 1 aliphatic rings. The Morgan fingerprint density at radius 2 is 1.77 bits per heavy atom. The van der Waals surface area contributed by atoms with Crippen LogP contribution in [0.5, 0.6) is 0 Å². The Kier molecular flexibility index (Phi) is 12.3. The number of ether oxygens (including phenoxy) is 2. The smallest absolute Gasteiger partial charge is 0.331 e. The first-order chi connectivity index (χ1) is 16.8. The molecule has 4 N–H and O–H groups in total. The van der Waals surface area contributed by atoms with Crippen LogP contribution in [0.1, 0.15) is 84.1 Å². The van der Waals surface area contributed by atoms with Gasteiger partial charge >= 0.3 is 12.0 Å². The minimum absolute atomic E-state index is 0.0637. The number of urea groups is 1. The lowest BCUT2D eigenvalue weighted by Gasteiger charge is -2.25. The highest BCUT2D eigenvalue weighted by Gasteiger charge is 2.31. The van der Waals surface area contributed by atoms with Crippen LogP contribution in [0.25, 0.3) is 0 Å². The molecule has 1 saturated heterocycles. The van der Waals surface area contributed by atoms with Gasteiger partial charge in [0.2, 0.25) is 5.91 Å². The summed E-state index contributed by atoms with van der Waals surface area (Å²) in [5.41, 5.74) is 5.38. The highest BCUT2D eigenvalue weighted by atomic mass is 16.5. The number of carbonyl (C=O) groups excluding carboxylic acids is 3. The number of hydrogen-bond acceptors (Lipinski definition) is 9. The van der Waals surface area contributed by atoms with Crippen LogP contribution in [-0.4, -0.2) is 66.5 Å². The maximum atomic E-state index is 12.9. The van der Waals surface area contributed by atoms with E-state index in [2.05, 4.69) is 20.8 Å². The van der Waals surface area contributed by atoms with E-state index < -0.39 is 36.1 Å². The van der Waals surface area contributed by atoms with Crippen molar-refractivity contribution in [3.05, 3.63) is 5.89 Å². The number of nitrogens with one attached hydrogen (secondary N) is 2. The molecule has 3 atom stereocenters. The number of esters is 1. The van der Waals surface area contributed by atoms with E-state index in [1.807, 2.05) is 18.7 Å². The summed E-state index contributed by atoms with van der Waals surface area (Å²) < 4.78 is 16.4. The van der Waals surface area contributed by atoms with Gasteiger partial charge in [-0.05, 0) is 44.2 Å². The summed E-state index contributed by atoms with van der Waals surface area (Å²) in [7, 11) is 0. The molecule has 198 valence electrons. The number of hydrogen-bond donors (Lipinski definition) is 3. The van der Waals surface area contributed by atoms with Gasteiger partial charge in [-0.2, -0.15) is 4.98 Å². The third-order valence-electron chi connectivity index (χ3n) is 5.71. The van der Waals surface area contributed by atoms with Crippen molar-refractivity contribution in [3.8, 4) is 0 Å². The van der Waals surface area contributed by atoms with Crippen molar-refractivity contribution in [1.29, 1.82) is 0 Å². The quantitative estimate of drug-likeness (QED) is 0.244. The number of primary amides is 1. The largest absolute Gasteiger partial charge is 0.464 e. The molecule has 2 rings (SSSR count). The minimum Gasteiger partial charge on any atom is -0.464 e. The zero-order chi connectivity index (χ0) is 25.6. The van der Waals surface area contributed by atoms with E-state index >= 15 is 0 Å². The third-order valence-corrected chi connectivity index (χ3v) is 5.71. The number of unbranched alkanes of at least 4 members (excludes halogenated alkanes) is 2. The van der Waals surface area contributed by atoms with Gasteiger partial charge in [0.15, 0.2) is 6.04 Å². The first-order valence-corrected chi connectivity index (χ1v) is 12.6. The molecule has 0 bridgehead atoms. The lowest BCUT2D eigenvalue weighted by atomic mass is 10.1. The van der Waals surface area contributed by atoms with E-state index in [1.165, 1.54) is 0 Å². The van der Waals surface area contributed by atoms with Crippen LogP contribution < -0.4 is 21.3 Å². The van der Waals surface area contributed by atoms with Crippen molar-refractivity contribution >= 4 is 23.9 Å². The van der Waals surface area contributed by atoms with Gasteiger partial charge in [-0.25, -0.2) is 9.59 Å². The molecule has 3 amide bonds. The number of amides is 3. The van der Waals surface area contributed by atoms with E-state index in [0.29, 0.717) is 19.0 Å². The first kappa shape index (κ1) is 28.3. The van der Waals surface area contributed by atoms with E-state index in [4.69, 9.17) is 19.7 Å². The van der Waals surface area contributed by atoms with Crippen LogP contribution in [-0.2, 0) is 19.1 Å². The predicted molar refractivity (Wildman–Crippen MR) is 129 cm³/mol. The van der Waals surface area contributed by atoms with Crippen molar-refractivity contribution in [2.24, 2.45) is 5.73 Å². The molecule has 1 fully saturated rings. The van der Waals surface area contributed by atoms with Crippen LogP contribution in [0.4, 0.5) is 10.7 Å². The lowest BCUT2D eigenvalue weighted by molar-refractivity contribution is -0.150. The SMILES string of the molecule is CCCCOC(=O)[C@@H](NC(=O)N[C@@H](CC(N)=O)c1nc(N2CCCCC2)no1)C(C)OCCCC. The zero-order valence-corrected chi connectivity index (χ0v) is 21.1. The van der Waals surface area contributed by atoms with Crippen molar-refractivity contribution < 1.29 is 28.4 Å². The molecule has 0 aliphatic carbocycles. The van der Waals surface area contributed by atoms with Crippen LogP contribution >= 0.6 is 0 Å². The van der Waals surface area contributed by atoms with Gasteiger partial charge in [-0.1, -0.05) is 26.7 Å². The number of piperidine rings is 1. The van der Waals surface area contributed by atoms with Gasteiger partial charge in [0.1, 0.15) is 6.04 Å². The second-order valence-corrected chi connectivity index (χ2v) is 8.75. The predicted octanol–water partition coefficient (Wildman–Crippen LogP) is 2.19. The molecule has 2 heterocycles. The van der Waals surface area contributed by atoms with E-state index in [1.54, 1.807) is 6.92 Å². The lowest BCUT2D eigenvalue weighted by Crippen LogP contribution is -2.53. The fraction of sp³-hybridized carbons (Fsp3) is 0.783. The Balaban J connectivity index is 2.08. The molecule has 12 nitrogen and oxygen atoms in total. The Hall–Kier alpha value is -2.89. The van der Waals surface area contributed by atoms with Gasteiger partial charge in [0.25, 0.3) is 11.8 Å². The van der Waals surface area contributed by atoms with E-state index in [-0.39, 0.29) is 18.9 Å². The van der Waals surface area contributed by atoms with Crippen molar-refractivity contribution in [2.45, 2.75) is 90.3 Å². The molecule has 1 aromatic heterocycles. The van der Waals surface area contributed by atoms with Crippen molar-refractivity contribution in [3.63, 3.8) is 0 Å². The second-order valence-electron chi connectivity index (χ2n) is 8.75. The first-order valence-electron chi connectivity index (χ1n) is 12.6. The maximum Gasteiger partial charge on any atom is 0.331 e. The molecule has 0 aromatic carbocycles. The van der Waals surface area contributed by atoms with Gasteiger partial charge in [-0.3, -0.25) is 4.79 Å². The summed E-state index contributed by atoms with van der Waals surface area (Å²) in [4.78, 5) is 43.6. The number of nitrogens with zero attached hydrogens (tertiary/aromatic N) is 3. The fourth-order valence-electron chi connectivity index (χ4n) is 3.62. The zero-order valence-electron chi connectivity index (χ0n) is 21.1. The van der Waals surface area contributed by atoms with Crippen molar-refractivity contribution in [2.75, 3.05) is 31.2 Å². The Morgan fingerprint density at radius 1 is 1.09 bits per heavy atom. The Bertz CT molecular complexity index is 797. The Labute approximate surface area is 206 Å². The summed E-state index contributed by atoms with van der Waals surface area (Å²) in [6.07, 6.45) is 5.69. The maximum absolute atomic E-state index is 12.9. The summed E-state index contributed by atoms with van der Waals surface area (Å²) in [5.74, 6) is -0.769. The summed E-state index contributed by atoms with van der Waals surface area (Å²) in [6, 6.07) is -2.70. The van der Waals surface area contributed by atoms with Gasteiger partial charge in [0, 0.05) is 19.7 Å². The normalized spacial score (nSPS) is 16.3. The standard InChI is InChI=1S/C23H40N6O6/c1-4-6-13-33-16(3)19(21(31)34-14-7-5-2)26-23(32)25-17(15-18(24)30)20-27-22(28-35-20)29-11-9-8-10-12-29/h16-17,19H,4-15H2,1-3H3,(H2,24,30)(H2,25,26,32)/t16?,17-,19-/m0/s1. The summed E-state index contributed by atoms with van der Waals surface area (Å²) >= 11 is 0. The highest BCUT2D eigenvalue weighted by molar-refractivity contribution is 5.84. The number of rotatable bonds is 15. The Morgan fingerprint density at radius 3 is 2.43 bits per heavy atom. The minimum atomic E-state index is -1.04. The molecular formula is C23H40N6O6. The number of aromatic nitrogens is 2. The third kappa shape index (κ3) is 9.71. The van der Waals surface area contributed by atoms with Gasteiger partial charge in [-0.15, -0.1) is 0 Å². The van der Waals surface area contributed by atoms with Gasteiger partial charge in [0.05, 0.1) is 19.1 Å². The van der Waals surface area contributed by atoms with E-state index in [0.717, 1.165) is 51.6 Å². The average molecular weight is 497 g/mol. The van der Waals surface area contributed by atoms with Gasteiger partial charge < -0.3 is 35.3 Å². The number of nitrogens with two attached hydrogens (primary N) is 1. The monoisotopic (exact) mass is 496 g/mol. The van der Waals surface area contributed by atoms with Crippen LogP contribution in [0.15, 0.2) is 4.52 Å². The summed E-state index contributed by atoms with van der Waals surface area (Å²) in [5, 5.41) is 9.24. The number of anilines is 1. The fourth-order valence-corrected chi connectivity index (χ4v) is 3.62. The molecule has 1 aromatic rings. The van der Waals surface area contributed by atoms with Crippen molar-refractivity contribution in [1.82, 2.24) is 20.8 Å². The average Bonchev–Trinajstić information content (AvgIpc) is 3.33. The molecule has 0 radical (unpaired) electrons. The molecular weight excluding hydrogens is 456 g/mol.